The van der Waals surface area contributed by atoms with Gasteiger partial charge in [0.15, 0.2) is 0 Å². The van der Waals surface area contributed by atoms with E-state index in [4.69, 9.17) is 17.3 Å². The van der Waals surface area contributed by atoms with Crippen molar-refractivity contribution in [2.45, 2.75) is 4.90 Å². The molecule has 3 aromatic carbocycles. The van der Waals surface area contributed by atoms with Crippen LogP contribution in [-0.4, -0.2) is 42.5 Å². The first-order valence-corrected chi connectivity index (χ1v) is 9.54. The van der Waals surface area contributed by atoms with Gasteiger partial charge < -0.3 is 5.73 Å². The van der Waals surface area contributed by atoms with E-state index in [9.17, 15) is 13.0 Å². The van der Waals surface area contributed by atoms with Crippen LogP contribution in [-0.2, 0) is 10.1 Å². The van der Waals surface area contributed by atoms with Gasteiger partial charge in [-0.3, -0.25) is 4.55 Å². The molecule has 6 nitrogen and oxygen atoms in total. The molecule has 0 amide bonds. The quantitative estimate of drug-likeness (QED) is 0.250. The van der Waals surface area contributed by atoms with Crippen molar-refractivity contribution in [2.24, 2.45) is 10.2 Å². The van der Waals surface area contributed by atoms with Crippen molar-refractivity contribution < 1.29 is 13.0 Å². The summed E-state index contributed by atoms with van der Waals surface area (Å²) in [4.78, 5) is -0.276. The SMILES string of the molecule is Nc1c(/N=N/c2ccc(Cl)cc2Br)cc(S(=O)(=O)O)c2ccccc12.[NaH]. The second kappa shape index (κ2) is 8.35. The van der Waals surface area contributed by atoms with E-state index in [1.807, 2.05) is 0 Å². The summed E-state index contributed by atoms with van der Waals surface area (Å²) in [5, 5.41) is 9.42. The first-order chi connectivity index (χ1) is 11.8. The number of azo groups is 1. The fourth-order valence-corrected chi connectivity index (χ4v) is 3.80. The van der Waals surface area contributed by atoms with Crippen LogP contribution >= 0.6 is 27.5 Å². The van der Waals surface area contributed by atoms with Crippen molar-refractivity contribution in [1.29, 1.82) is 0 Å². The molecule has 10 heteroatoms. The van der Waals surface area contributed by atoms with Crippen molar-refractivity contribution in [3.63, 3.8) is 0 Å². The third kappa shape index (κ3) is 4.45. The van der Waals surface area contributed by atoms with E-state index in [-0.39, 0.29) is 45.8 Å². The number of nitrogens with two attached hydrogens (primary N) is 1. The van der Waals surface area contributed by atoms with Gasteiger partial charge >= 0.3 is 29.6 Å². The van der Waals surface area contributed by atoms with Crippen LogP contribution in [0.25, 0.3) is 10.8 Å². The summed E-state index contributed by atoms with van der Waals surface area (Å²) >= 11 is 9.20. The van der Waals surface area contributed by atoms with Crippen LogP contribution in [0.4, 0.5) is 17.1 Å². The van der Waals surface area contributed by atoms with E-state index in [2.05, 4.69) is 26.2 Å². The molecule has 0 unspecified atom stereocenters. The Bertz CT molecular complexity index is 1120. The van der Waals surface area contributed by atoms with Crippen LogP contribution in [0.3, 0.4) is 0 Å². The van der Waals surface area contributed by atoms with Crippen LogP contribution < -0.4 is 5.73 Å². The fourth-order valence-electron chi connectivity index (χ4n) is 2.32. The average Bonchev–Trinajstić information content (AvgIpc) is 2.54. The second-order valence-corrected chi connectivity index (χ2v) is 7.80. The molecule has 3 aromatic rings. The first-order valence-electron chi connectivity index (χ1n) is 6.93. The molecule has 3 rings (SSSR count). The van der Waals surface area contributed by atoms with E-state index in [1.54, 1.807) is 42.5 Å². The molecule has 0 aromatic heterocycles. The van der Waals surface area contributed by atoms with Crippen LogP contribution in [0.1, 0.15) is 0 Å². The average molecular weight is 465 g/mol. The van der Waals surface area contributed by atoms with Gasteiger partial charge in [-0.2, -0.15) is 8.42 Å². The Morgan fingerprint density at radius 2 is 1.62 bits per heavy atom. The van der Waals surface area contributed by atoms with E-state index < -0.39 is 10.1 Å². The Balaban J connectivity index is 0.00000243. The van der Waals surface area contributed by atoms with Crippen LogP contribution in [0.15, 0.2) is 68.1 Å². The van der Waals surface area contributed by atoms with Gasteiger partial charge in [-0.15, -0.1) is 10.2 Å². The zero-order valence-electron chi connectivity index (χ0n) is 12.5. The van der Waals surface area contributed by atoms with Gasteiger partial charge in [-0.1, -0.05) is 35.9 Å². The molecule has 0 atom stereocenters. The standard InChI is InChI=1S/C16H11BrClN3O3S.Na.H/c17-12-7-9(18)5-6-13(12)20-21-14-8-15(25(22,23)24)10-3-1-2-4-11(10)16(14)19;;/h1-8H,19H2,(H,22,23,24);;/b21-20+;;. The van der Waals surface area contributed by atoms with E-state index in [0.717, 1.165) is 0 Å². The first kappa shape index (κ1) is 21.3. The molecule has 0 heterocycles. The Kier molecular flexibility index (Phi) is 6.84. The van der Waals surface area contributed by atoms with Gasteiger partial charge in [0.1, 0.15) is 10.6 Å². The van der Waals surface area contributed by atoms with Crippen LogP contribution in [0, 0.1) is 0 Å². The van der Waals surface area contributed by atoms with Gasteiger partial charge in [-0.05, 0) is 40.2 Å². The maximum absolute atomic E-state index is 11.7. The molecule has 26 heavy (non-hydrogen) atoms. The van der Waals surface area contributed by atoms with Crippen LogP contribution in [0.2, 0.25) is 5.02 Å². The molecule has 0 bridgehead atoms. The number of hydrogen-bond donors (Lipinski definition) is 2. The monoisotopic (exact) mass is 463 g/mol. The third-order valence-corrected chi connectivity index (χ3v) is 5.24. The Morgan fingerprint density at radius 1 is 1.00 bits per heavy atom. The number of anilines is 1. The molecular weight excluding hydrogens is 453 g/mol. The molecule has 0 saturated carbocycles. The maximum atomic E-state index is 11.7. The Labute approximate surface area is 185 Å². The Hall–Kier alpha value is -1.000. The summed E-state index contributed by atoms with van der Waals surface area (Å²) in [5.74, 6) is 0. The molecule has 0 radical (unpaired) electrons. The van der Waals surface area contributed by atoms with Crippen molar-refractivity contribution >= 4 is 95.0 Å². The summed E-state index contributed by atoms with van der Waals surface area (Å²) < 4.78 is 33.5. The van der Waals surface area contributed by atoms with Gasteiger partial charge in [0.2, 0.25) is 0 Å². The fraction of sp³-hybridized carbons (Fsp3) is 0. The summed E-state index contributed by atoms with van der Waals surface area (Å²) in [6.45, 7) is 0. The summed E-state index contributed by atoms with van der Waals surface area (Å²) in [6.07, 6.45) is 0. The van der Waals surface area contributed by atoms with E-state index in [1.165, 1.54) is 6.07 Å². The predicted octanol–water partition coefficient (Wildman–Crippen LogP) is 4.85. The number of rotatable bonds is 3. The molecule has 0 aliphatic carbocycles. The van der Waals surface area contributed by atoms with E-state index in [0.29, 0.717) is 26.0 Å². The third-order valence-electron chi connectivity index (χ3n) is 3.48. The summed E-state index contributed by atoms with van der Waals surface area (Å²) in [7, 11) is -4.45. The molecule has 130 valence electrons. The van der Waals surface area contributed by atoms with Gasteiger partial charge in [0.25, 0.3) is 10.1 Å². The molecule has 0 spiro atoms. The molecule has 0 aliphatic rings. The van der Waals surface area contributed by atoms with Crippen molar-refractivity contribution in [3.05, 3.63) is 58.0 Å². The zero-order chi connectivity index (χ0) is 18.2. The minimum absolute atomic E-state index is 0. The summed E-state index contributed by atoms with van der Waals surface area (Å²) in [5.41, 5.74) is 6.98. The number of halogens is 2. The van der Waals surface area contributed by atoms with Gasteiger partial charge in [0.05, 0.1) is 11.4 Å². The number of benzene rings is 3. The van der Waals surface area contributed by atoms with Crippen molar-refractivity contribution in [3.8, 4) is 0 Å². The molecular formula is C16H12BrClN3NaO3S. The number of hydrogen-bond acceptors (Lipinski definition) is 5. The van der Waals surface area contributed by atoms with Crippen molar-refractivity contribution in [1.82, 2.24) is 0 Å². The normalized spacial score (nSPS) is 11.7. The predicted molar refractivity (Wildman–Crippen MR) is 109 cm³/mol. The number of fused-ring (bicyclic) bond motifs is 1. The minimum atomic E-state index is -4.45. The molecule has 3 N–H and O–H groups in total. The van der Waals surface area contributed by atoms with Gasteiger partial charge in [0, 0.05) is 20.3 Å². The second-order valence-electron chi connectivity index (χ2n) is 5.12. The molecule has 0 fully saturated rings. The number of nitrogens with zero attached hydrogens (tertiary/aromatic N) is 2. The van der Waals surface area contributed by atoms with Crippen molar-refractivity contribution in [2.75, 3.05) is 5.73 Å². The van der Waals surface area contributed by atoms with Crippen LogP contribution in [0.5, 0.6) is 0 Å². The summed E-state index contributed by atoms with van der Waals surface area (Å²) in [6, 6.07) is 12.7. The van der Waals surface area contributed by atoms with E-state index >= 15 is 0 Å². The molecule has 0 saturated heterocycles. The topological polar surface area (TPSA) is 105 Å². The zero-order valence-corrected chi connectivity index (χ0v) is 15.7. The number of nitrogen functional groups attached to an aromatic ring is 1. The van der Waals surface area contributed by atoms with Gasteiger partial charge in [-0.25, -0.2) is 0 Å². The Morgan fingerprint density at radius 3 is 2.23 bits per heavy atom. The molecule has 0 aliphatic heterocycles.